The van der Waals surface area contributed by atoms with Gasteiger partial charge >= 0.3 is 21.1 Å². The van der Waals surface area contributed by atoms with E-state index in [2.05, 4.69) is 104 Å². The van der Waals surface area contributed by atoms with Gasteiger partial charge in [0.05, 0.1) is 11.4 Å². The van der Waals surface area contributed by atoms with Crippen LogP contribution in [0.5, 0.6) is 11.5 Å². The molecule has 7 heteroatoms. The fraction of sp³-hybridized carbons (Fsp3) is 0.0652. The van der Waals surface area contributed by atoms with Crippen LogP contribution in [-0.4, -0.2) is 24.3 Å². The van der Waals surface area contributed by atoms with Crippen LogP contribution in [0.25, 0.3) is 67.1 Å². The largest absolute Gasteiger partial charge is 2.00 e. The van der Waals surface area contributed by atoms with Crippen LogP contribution in [0, 0.1) is 32.9 Å². The van der Waals surface area contributed by atoms with Crippen LogP contribution in [0.2, 0.25) is 0 Å². The van der Waals surface area contributed by atoms with E-state index in [0.717, 1.165) is 72.6 Å². The van der Waals surface area contributed by atoms with Gasteiger partial charge in [-0.3, -0.25) is 9.67 Å². The van der Waals surface area contributed by atoms with Crippen molar-refractivity contribution in [2.75, 3.05) is 0 Å². The molecule has 0 radical (unpaired) electrons. The van der Waals surface area contributed by atoms with Gasteiger partial charge in [0, 0.05) is 40.5 Å². The molecule has 4 aromatic heterocycles. The molecule has 258 valence electrons. The number of ether oxygens (including phenoxy) is 1. The molecule has 0 saturated heterocycles. The minimum absolute atomic E-state index is 0. The zero-order valence-corrected chi connectivity index (χ0v) is 31.6. The first-order valence-corrected chi connectivity index (χ1v) is 17.3. The second kappa shape index (κ2) is 14.1. The van der Waals surface area contributed by atoms with Gasteiger partial charge in [0.2, 0.25) is 0 Å². The van der Waals surface area contributed by atoms with Crippen LogP contribution < -0.4 is 4.74 Å². The van der Waals surface area contributed by atoms with Crippen molar-refractivity contribution in [1.29, 1.82) is 0 Å². The molecule has 0 atom stereocenters. The topological polar surface area (TPSA) is 57.8 Å². The number of pyridine rings is 2. The zero-order chi connectivity index (χ0) is 35.2. The average Bonchev–Trinajstić information content (AvgIpc) is 3.72. The van der Waals surface area contributed by atoms with E-state index in [1.807, 2.05) is 83.8 Å². The molecule has 0 aliphatic heterocycles. The van der Waals surface area contributed by atoms with Crippen molar-refractivity contribution in [3.8, 4) is 56.8 Å². The number of hydrogen-bond acceptors (Lipinski definition) is 4. The molecule has 4 heterocycles. The third-order valence-electron chi connectivity index (χ3n) is 9.46. The van der Waals surface area contributed by atoms with Crippen molar-refractivity contribution >= 4 is 21.8 Å². The second-order valence-electron chi connectivity index (χ2n) is 13.0. The molecule has 5 aromatic carbocycles. The average molecular weight is 867 g/mol. The minimum atomic E-state index is 0. The third-order valence-corrected chi connectivity index (χ3v) is 9.46. The maximum absolute atomic E-state index is 6.55. The van der Waals surface area contributed by atoms with E-state index < -0.39 is 0 Å². The van der Waals surface area contributed by atoms with Gasteiger partial charge in [-0.05, 0) is 84.4 Å². The fourth-order valence-electron chi connectivity index (χ4n) is 7.13. The summed E-state index contributed by atoms with van der Waals surface area (Å²) < 4.78 is 10.6. The summed E-state index contributed by atoms with van der Waals surface area (Å²) in [4.78, 5) is 9.56. The maximum atomic E-state index is 6.55. The van der Waals surface area contributed by atoms with E-state index in [1.165, 1.54) is 11.1 Å². The van der Waals surface area contributed by atoms with Gasteiger partial charge < -0.3 is 9.30 Å². The normalized spacial score (nSPS) is 11.2. The maximum Gasteiger partial charge on any atom is 2.00 e. The fourth-order valence-corrected chi connectivity index (χ4v) is 7.13. The van der Waals surface area contributed by atoms with Crippen LogP contribution >= 0.6 is 0 Å². The Kier molecular flexibility index (Phi) is 9.07. The number of nitrogens with zero attached hydrogens (tertiary/aromatic N) is 5. The Bertz CT molecular complexity index is 2730. The van der Waals surface area contributed by atoms with Gasteiger partial charge in [-0.15, -0.1) is 35.7 Å². The van der Waals surface area contributed by atoms with E-state index in [0.29, 0.717) is 11.5 Å². The predicted molar refractivity (Wildman–Crippen MR) is 208 cm³/mol. The molecule has 0 unspecified atom stereocenters. The Morgan fingerprint density at radius 2 is 1.36 bits per heavy atom. The number of fused-ring (bicyclic) bond motifs is 3. The number of para-hydroxylation sites is 1. The van der Waals surface area contributed by atoms with E-state index in [-0.39, 0.29) is 21.1 Å². The molecular formula is C46H33N5OPt. The minimum Gasteiger partial charge on any atom is -0.509 e. The molecule has 0 N–H and O–H groups in total. The predicted octanol–water partition coefficient (Wildman–Crippen LogP) is 11.1. The van der Waals surface area contributed by atoms with Crippen molar-refractivity contribution in [3.63, 3.8) is 0 Å². The van der Waals surface area contributed by atoms with E-state index in [1.54, 1.807) is 0 Å². The van der Waals surface area contributed by atoms with Gasteiger partial charge in [-0.2, -0.15) is 17.2 Å². The first-order valence-electron chi connectivity index (χ1n) is 17.3. The third kappa shape index (κ3) is 6.15. The number of aryl methyl sites for hydroxylation is 3. The van der Waals surface area contributed by atoms with Gasteiger partial charge in [0.25, 0.3) is 0 Å². The Hall–Kier alpha value is -6.10. The molecule has 9 aromatic rings. The summed E-state index contributed by atoms with van der Waals surface area (Å²) in [6, 6.07) is 52.2. The molecule has 0 spiro atoms. The summed E-state index contributed by atoms with van der Waals surface area (Å²) in [6.07, 6.45) is 3.67. The quantitative estimate of drug-likeness (QED) is 0.150. The van der Waals surface area contributed by atoms with Crippen molar-refractivity contribution in [2.45, 2.75) is 20.8 Å². The molecule has 0 amide bonds. The molecule has 0 saturated carbocycles. The smallest absolute Gasteiger partial charge is 0.509 e. The van der Waals surface area contributed by atoms with Crippen LogP contribution in [0.4, 0.5) is 0 Å². The Labute approximate surface area is 322 Å². The van der Waals surface area contributed by atoms with Crippen LogP contribution in [0.15, 0.2) is 146 Å². The molecule has 6 nitrogen and oxygen atoms in total. The summed E-state index contributed by atoms with van der Waals surface area (Å²) in [5.74, 6) is 1.95. The molecular weight excluding hydrogens is 834 g/mol. The molecule has 0 fully saturated rings. The van der Waals surface area contributed by atoms with Crippen molar-refractivity contribution in [2.24, 2.45) is 0 Å². The molecule has 9 rings (SSSR count). The van der Waals surface area contributed by atoms with Crippen molar-refractivity contribution in [3.05, 3.63) is 175 Å². The summed E-state index contributed by atoms with van der Waals surface area (Å²) in [5.41, 5.74) is 11.9. The van der Waals surface area contributed by atoms with Gasteiger partial charge in [-0.25, -0.2) is 4.98 Å². The summed E-state index contributed by atoms with van der Waals surface area (Å²) in [7, 11) is 0. The summed E-state index contributed by atoms with van der Waals surface area (Å²) in [5, 5.41) is 7.53. The summed E-state index contributed by atoms with van der Waals surface area (Å²) in [6.45, 7) is 6.38. The van der Waals surface area contributed by atoms with Crippen molar-refractivity contribution < 1.29 is 25.8 Å². The van der Waals surface area contributed by atoms with E-state index in [4.69, 9.17) is 19.8 Å². The monoisotopic (exact) mass is 866 g/mol. The second-order valence-corrected chi connectivity index (χ2v) is 13.0. The van der Waals surface area contributed by atoms with Crippen LogP contribution in [0.1, 0.15) is 16.7 Å². The Morgan fingerprint density at radius 3 is 2.15 bits per heavy atom. The molecule has 0 bridgehead atoms. The molecule has 0 aliphatic carbocycles. The van der Waals surface area contributed by atoms with Gasteiger partial charge in [0.15, 0.2) is 0 Å². The standard InChI is InChI=1S/C46H33N5O.Pt/c1-30-24-26-48-42(27-30)50-40-21-8-7-19-37(40)38-23-22-36(29-41(38)50)52-35-18-12-17-34(28-35)51-46(39-20-9-10-25-47-39)44(43-31(2)13-11-14-32(43)3)45(49-51)33-15-5-4-6-16-33;/h4-27H,1-3H3;/q-2;+2. The molecule has 53 heavy (non-hydrogen) atoms. The zero-order valence-electron chi connectivity index (χ0n) is 29.3. The number of aromatic nitrogens is 5. The number of hydrogen-bond donors (Lipinski definition) is 0. The molecule has 0 aliphatic rings. The Balaban J connectivity index is 0.00000400. The first kappa shape index (κ1) is 34.0. The Morgan fingerprint density at radius 1 is 0.604 bits per heavy atom. The van der Waals surface area contributed by atoms with Crippen LogP contribution in [-0.2, 0) is 21.1 Å². The van der Waals surface area contributed by atoms with E-state index >= 15 is 0 Å². The van der Waals surface area contributed by atoms with Crippen LogP contribution in [0.3, 0.4) is 0 Å². The van der Waals surface area contributed by atoms with E-state index in [9.17, 15) is 0 Å². The van der Waals surface area contributed by atoms with Crippen molar-refractivity contribution in [1.82, 2.24) is 24.3 Å². The van der Waals surface area contributed by atoms with Gasteiger partial charge in [0.1, 0.15) is 11.5 Å². The SMILES string of the molecule is Cc1ccnc(-n2c3[c-]c(Oc4[c-]c(-n5nc(-c6ccccc6)c(-c6c(C)cccc6C)c5-c5ccccn5)ccc4)ccc3c3ccccc32)c1.[Pt+2]. The number of benzene rings is 5. The van der Waals surface area contributed by atoms with Gasteiger partial charge in [-0.1, -0.05) is 78.3 Å². The first-order chi connectivity index (χ1) is 25.5. The number of rotatable bonds is 7. The summed E-state index contributed by atoms with van der Waals surface area (Å²) >= 11 is 0.